The van der Waals surface area contributed by atoms with Gasteiger partial charge in [-0.2, -0.15) is 0 Å². The molecule has 0 aliphatic carbocycles. The first kappa shape index (κ1) is 13.7. The summed E-state index contributed by atoms with van der Waals surface area (Å²) in [4.78, 5) is 4.53. The molecule has 1 aromatic carbocycles. The predicted octanol–water partition coefficient (Wildman–Crippen LogP) is 3.73. The lowest BCUT2D eigenvalue weighted by atomic mass is 10.2. The summed E-state index contributed by atoms with van der Waals surface area (Å²) < 4.78 is 10.6. The molecule has 0 aliphatic heterocycles. The molecule has 0 atom stereocenters. The number of halogens is 1. The van der Waals surface area contributed by atoms with Crippen LogP contribution in [0.3, 0.4) is 0 Å². The molecule has 2 aromatic rings. The number of methoxy groups -OCH3 is 2. The molecule has 0 saturated carbocycles. The summed E-state index contributed by atoms with van der Waals surface area (Å²) in [6, 6.07) is 5.85. The van der Waals surface area contributed by atoms with E-state index in [9.17, 15) is 0 Å². The fourth-order valence-electron chi connectivity index (χ4n) is 1.91. The minimum atomic E-state index is 0.277. The Balaban J connectivity index is 2.67. The van der Waals surface area contributed by atoms with Gasteiger partial charge in [0.25, 0.3) is 0 Å². The maximum atomic E-state index is 6.31. The summed E-state index contributed by atoms with van der Waals surface area (Å²) in [7, 11) is 3.21. The highest BCUT2D eigenvalue weighted by molar-refractivity contribution is 6.36. The monoisotopic (exact) mass is 280 g/mol. The second-order valence-electron chi connectivity index (χ2n) is 4.49. The van der Waals surface area contributed by atoms with Crippen LogP contribution in [0.15, 0.2) is 18.2 Å². The second kappa shape index (κ2) is 5.53. The molecular formula is C14H17ClN2O2. The molecular weight excluding hydrogens is 264 g/mol. The molecule has 0 aliphatic rings. The number of benzene rings is 1. The molecule has 1 heterocycles. The van der Waals surface area contributed by atoms with Crippen LogP contribution in [-0.4, -0.2) is 25.2 Å². The number of pyridine rings is 1. The molecule has 0 unspecified atom stereocenters. The molecule has 0 amide bonds. The largest absolute Gasteiger partial charge is 0.496 e. The quantitative estimate of drug-likeness (QED) is 0.927. The highest BCUT2D eigenvalue weighted by Crippen LogP contribution is 2.36. The van der Waals surface area contributed by atoms with Gasteiger partial charge in [0.05, 0.1) is 19.7 Å². The van der Waals surface area contributed by atoms with Crippen molar-refractivity contribution in [1.29, 1.82) is 0 Å². The molecule has 5 heteroatoms. The first-order chi connectivity index (χ1) is 9.06. The van der Waals surface area contributed by atoms with Crippen LogP contribution >= 0.6 is 11.6 Å². The zero-order chi connectivity index (χ0) is 14.0. The van der Waals surface area contributed by atoms with Crippen molar-refractivity contribution in [2.75, 3.05) is 19.5 Å². The van der Waals surface area contributed by atoms with Crippen LogP contribution in [0.1, 0.15) is 13.8 Å². The van der Waals surface area contributed by atoms with Gasteiger partial charge < -0.3 is 14.8 Å². The first-order valence-corrected chi connectivity index (χ1v) is 6.42. The first-order valence-electron chi connectivity index (χ1n) is 6.04. The van der Waals surface area contributed by atoms with E-state index in [1.54, 1.807) is 14.2 Å². The molecule has 0 radical (unpaired) electrons. The fourth-order valence-corrected chi connectivity index (χ4v) is 2.19. The van der Waals surface area contributed by atoms with E-state index < -0.39 is 0 Å². The molecule has 2 rings (SSSR count). The van der Waals surface area contributed by atoms with Gasteiger partial charge in [0.15, 0.2) is 0 Å². The average Bonchev–Trinajstić information content (AvgIpc) is 2.38. The minimum Gasteiger partial charge on any atom is -0.496 e. The van der Waals surface area contributed by atoms with E-state index in [1.807, 2.05) is 32.0 Å². The summed E-state index contributed by atoms with van der Waals surface area (Å²) in [5.74, 6) is 2.07. The molecule has 4 nitrogen and oxygen atoms in total. The summed E-state index contributed by atoms with van der Waals surface area (Å²) in [6.45, 7) is 4.09. The van der Waals surface area contributed by atoms with Gasteiger partial charge in [-0.1, -0.05) is 11.6 Å². The lowest BCUT2D eigenvalue weighted by Gasteiger charge is -2.14. The number of aromatic nitrogens is 1. The summed E-state index contributed by atoms with van der Waals surface area (Å²) in [6.07, 6.45) is 0. The van der Waals surface area contributed by atoms with Crippen molar-refractivity contribution in [2.45, 2.75) is 19.9 Å². The van der Waals surface area contributed by atoms with Gasteiger partial charge in [-0.25, -0.2) is 4.98 Å². The number of rotatable bonds is 4. The van der Waals surface area contributed by atoms with Gasteiger partial charge in [0, 0.05) is 17.5 Å². The van der Waals surface area contributed by atoms with Crippen LogP contribution in [-0.2, 0) is 0 Å². The Kier molecular flexibility index (Phi) is 4.00. The van der Waals surface area contributed by atoms with Crippen LogP contribution in [0.25, 0.3) is 10.9 Å². The van der Waals surface area contributed by atoms with Crippen molar-refractivity contribution in [3.63, 3.8) is 0 Å². The van der Waals surface area contributed by atoms with Gasteiger partial charge >= 0.3 is 0 Å². The summed E-state index contributed by atoms with van der Waals surface area (Å²) in [5.41, 5.74) is 0.670. The maximum absolute atomic E-state index is 6.31. The lowest BCUT2D eigenvalue weighted by molar-refractivity contribution is 0.414. The number of ether oxygens (including phenoxy) is 2. The van der Waals surface area contributed by atoms with Crippen molar-refractivity contribution < 1.29 is 9.47 Å². The van der Waals surface area contributed by atoms with Crippen molar-refractivity contribution >= 4 is 28.3 Å². The fraction of sp³-hybridized carbons (Fsp3) is 0.357. The molecule has 19 heavy (non-hydrogen) atoms. The number of anilines is 1. The standard InChI is InChI=1S/C14H17ClN2O2/c1-8(2)16-12-7-11(19-4)9-5-6-10(18-3)13(15)14(9)17-12/h5-8H,1-4H3,(H,16,17). The molecule has 102 valence electrons. The lowest BCUT2D eigenvalue weighted by Crippen LogP contribution is -2.11. The van der Waals surface area contributed by atoms with E-state index in [1.165, 1.54) is 0 Å². The Morgan fingerprint density at radius 3 is 2.42 bits per heavy atom. The van der Waals surface area contributed by atoms with Gasteiger partial charge in [-0.3, -0.25) is 0 Å². The van der Waals surface area contributed by atoms with Gasteiger partial charge in [-0.15, -0.1) is 0 Å². The van der Waals surface area contributed by atoms with Crippen molar-refractivity contribution in [3.05, 3.63) is 23.2 Å². The van der Waals surface area contributed by atoms with Crippen LogP contribution in [0, 0.1) is 0 Å². The highest BCUT2D eigenvalue weighted by atomic mass is 35.5. The third-order valence-corrected chi connectivity index (χ3v) is 3.09. The van der Waals surface area contributed by atoms with Gasteiger partial charge in [0.1, 0.15) is 22.3 Å². The molecule has 0 spiro atoms. The van der Waals surface area contributed by atoms with Crippen molar-refractivity contribution in [1.82, 2.24) is 4.98 Å². The molecule has 0 fully saturated rings. The summed E-state index contributed by atoms with van der Waals surface area (Å²) >= 11 is 6.31. The van der Waals surface area contributed by atoms with E-state index in [2.05, 4.69) is 10.3 Å². The highest BCUT2D eigenvalue weighted by Gasteiger charge is 2.13. The number of nitrogens with one attached hydrogen (secondary N) is 1. The van der Waals surface area contributed by atoms with E-state index in [-0.39, 0.29) is 6.04 Å². The Morgan fingerprint density at radius 2 is 1.84 bits per heavy atom. The van der Waals surface area contributed by atoms with E-state index in [4.69, 9.17) is 21.1 Å². The van der Waals surface area contributed by atoms with Crippen molar-refractivity contribution in [3.8, 4) is 11.5 Å². The van der Waals surface area contributed by atoms with E-state index >= 15 is 0 Å². The molecule has 1 aromatic heterocycles. The van der Waals surface area contributed by atoms with Crippen LogP contribution < -0.4 is 14.8 Å². The van der Waals surface area contributed by atoms with Gasteiger partial charge in [0.2, 0.25) is 0 Å². The second-order valence-corrected chi connectivity index (χ2v) is 4.86. The number of nitrogens with zero attached hydrogens (tertiary/aromatic N) is 1. The van der Waals surface area contributed by atoms with Crippen molar-refractivity contribution in [2.24, 2.45) is 0 Å². The predicted molar refractivity (Wildman–Crippen MR) is 78.6 cm³/mol. The smallest absolute Gasteiger partial charge is 0.139 e. The molecule has 0 bridgehead atoms. The average molecular weight is 281 g/mol. The normalized spacial score (nSPS) is 10.8. The number of fused-ring (bicyclic) bond motifs is 1. The minimum absolute atomic E-state index is 0.277. The topological polar surface area (TPSA) is 43.4 Å². The van der Waals surface area contributed by atoms with E-state index in [0.29, 0.717) is 16.3 Å². The zero-order valence-corrected chi connectivity index (χ0v) is 12.2. The molecule has 0 saturated heterocycles. The third kappa shape index (κ3) is 2.68. The van der Waals surface area contributed by atoms with Crippen LogP contribution in [0.4, 0.5) is 5.82 Å². The van der Waals surface area contributed by atoms with E-state index in [0.717, 1.165) is 17.0 Å². The Bertz CT molecular complexity index is 600. The zero-order valence-electron chi connectivity index (χ0n) is 11.5. The third-order valence-electron chi connectivity index (χ3n) is 2.72. The Labute approximate surface area is 117 Å². The van der Waals surface area contributed by atoms with Gasteiger partial charge in [-0.05, 0) is 26.0 Å². The SMILES string of the molecule is COc1ccc2c(OC)cc(NC(C)C)nc2c1Cl. The Hall–Kier alpha value is -1.68. The summed E-state index contributed by atoms with van der Waals surface area (Å²) in [5, 5.41) is 4.60. The maximum Gasteiger partial charge on any atom is 0.139 e. The number of hydrogen-bond donors (Lipinski definition) is 1. The molecule has 1 N–H and O–H groups in total. The van der Waals surface area contributed by atoms with Crippen LogP contribution in [0.5, 0.6) is 11.5 Å². The Morgan fingerprint density at radius 1 is 1.16 bits per heavy atom. The number of hydrogen-bond acceptors (Lipinski definition) is 4. The van der Waals surface area contributed by atoms with Crippen LogP contribution in [0.2, 0.25) is 5.02 Å².